The first-order chi connectivity index (χ1) is 21.4. The van der Waals surface area contributed by atoms with E-state index in [4.69, 9.17) is 4.98 Å². The van der Waals surface area contributed by atoms with Gasteiger partial charge >= 0.3 is 0 Å². The molecule has 0 saturated heterocycles. The molecule has 234 valence electrons. The summed E-state index contributed by atoms with van der Waals surface area (Å²) in [6, 6.07) is 10.9. The molecule has 3 aromatic heterocycles. The van der Waals surface area contributed by atoms with Gasteiger partial charge in [-0.15, -0.1) is 0 Å². The highest BCUT2D eigenvalue weighted by molar-refractivity contribution is 8.25. The topological polar surface area (TPSA) is 93.5 Å². The van der Waals surface area contributed by atoms with Gasteiger partial charge in [-0.2, -0.15) is 14.5 Å². The van der Waals surface area contributed by atoms with E-state index in [1.165, 1.54) is 0 Å². The third-order valence-electron chi connectivity index (χ3n) is 7.42. The van der Waals surface area contributed by atoms with E-state index in [-0.39, 0.29) is 11.9 Å². The van der Waals surface area contributed by atoms with Gasteiger partial charge < -0.3 is 15.6 Å². The number of hydrogen-bond acceptors (Lipinski definition) is 5. The van der Waals surface area contributed by atoms with Gasteiger partial charge in [0.05, 0.1) is 22.9 Å². The van der Waals surface area contributed by atoms with Crippen LogP contribution in [-0.4, -0.2) is 38.2 Å². The first-order valence-corrected chi connectivity index (χ1v) is 17.3. The molecule has 1 aliphatic rings. The van der Waals surface area contributed by atoms with Gasteiger partial charge in [0.15, 0.2) is 0 Å². The van der Waals surface area contributed by atoms with Crippen molar-refractivity contribution in [3.05, 3.63) is 119 Å². The Hall–Kier alpha value is -4.60. The molecule has 4 aromatic rings. The van der Waals surface area contributed by atoms with Crippen LogP contribution in [0.15, 0.2) is 85.4 Å². The van der Waals surface area contributed by atoms with Crippen LogP contribution in [-0.2, 0) is 6.54 Å². The fourth-order valence-corrected chi connectivity index (χ4v) is 5.92. The van der Waals surface area contributed by atoms with Crippen LogP contribution in [0.25, 0.3) is 34.1 Å². The number of halogens is 1. The van der Waals surface area contributed by atoms with Crippen LogP contribution in [0, 0.1) is 11.7 Å². The molecule has 0 fully saturated rings. The molecule has 1 unspecified atom stereocenters. The lowest BCUT2D eigenvalue weighted by molar-refractivity contribution is 0.616. The lowest BCUT2D eigenvalue weighted by Gasteiger charge is -2.22. The zero-order valence-electron chi connectivity index (χ0n) is 26.4. The molecule has 5 N–H and O–H groups in total. The SMILES string of the molecule is C=C/C(=C\C(=C/C)c1ccc2[nH]nc(-c3cc4c([nH]3)C=CNC4c3cc(F)cc(CNS(=C)(=C)C)c3)c2n1)NC(=C)CC(C)C. The molecule has 0 bridgehead atoms. The molecule has 4 heterocycles. The zero-order chi connectivity index (χ0) is 32.3. The van der Waals surface area contributed by atoms with Crippen molar-refractivity contribution >= 4 is 43.8 Å². The Bertz CT molecular complexity index is 1950. The predicted molar refractivity (Wildman–Crippen MR) is 192 cm³/mol. The Labute approximate surface area is 265 Å². The van der Waals surface area contributed by atoms with Crippen LogP contribution in [0.5, 0.6) is 0 Å². The number of H-pyrrole nitrogens is 2. The molecule has 7 nitrogen and oxygen atoms in total. The molecule has 5 rings (SSSR count). The van der Waals surface area contributed by atoms with Gasteiger partial charge in [-0.1, -0.05) is 50.9 Å². The number of aromatic amines is 2. The number of hydrogen-bond donors (Lipinski definition) is 5. The Morgan fingerprint density at radius 3 is 2.69 bits per heavy atom. The minimum Gasteiger partial charge on any atom is -0.380 e. The lowest BCUT2D eigenvalue weighted by Crippen LogP contribution is -2.20. The van der Waals surface area contributed by atoms with Gasteiger partial charge in [-0.05, 0) is 97.0 Å². The summed E-state index contributed by atoms with van der Waals surface area (Å²) in [5.41, 5.74) is 10.2. The number of pyridine rings is 1. The predicted octanol–water partition coefficient (Wildman–Crippen LogP) is 7.68. The Morgan fingerprint density at radius 2 is 1.98 bits per heavy atom. The summed E-state index contributed by atoms with van der Waals surface area (Å²) < 4.78 is 18.1. The van der Waals surface area contributed by atoms with Crippen molar-refractivity contribution in [1.29, 1.82) is 0 Å². The third kappa shape index (κ3) is 7.56. The van der Waals surface area contributed by atoms with E-state index in [1.807, 2.05) is 55.8 Å². The van der Waals surface area contributed by atoms with Crippen molar-refractivity contribution in [3.63, 3.8) is 0 Å². The number of nitrogens with zero attached hydrogens (tertiary/aromatic N) is 2. The number of fused-ring (bicyclic) bond motifs is 2. The highest BCUT2D eigenvalue weighted by atomic mass is 32.2. The maximum atomic E-state index is 14.8. The monoisotopic (exact) mass is 623 g/mol. The van der Waals surface area contributed by atoms with Crippen LogP contribution < -0.4 is 15.4 Å². The number of aromatic nitrogens is 4. The van der Waals surface area contributed by atoms with Gasteiger partial charge in [0, 0.05) is 29.2 Å². The molecular formula is C36H42FN7S. The molecule has 0 saturated carbocycles. The van der Waals surface area contributed by atoms with Crippen molar-refractivity contribution < 1.29 is 4.39 Å². The molecule has 1 atom stereocenters. The normalized spacial score (nSPS) is 15.3. The molecule has 0 aliphatic carbocycles. The van der Waals surface area contributed by atoms with E-state index in [0.29, 0.717) is 18.2 Å². The summed E-state index contributed by atoms with van der Waals surface area (Å²) in [6.07, 6.45) is 12.5. The highest BCUT2D eigenvalue weighted by Crippen LogP contribution is 2.35. The summed E-state index contributed by atoms with van der Waals surface area (Å²) in [7, 11) is -1.43. The van der Waals surface area contributed by atoms with Gasteiger partial charge in [0.1, 0.15) is 17.0 Å². The van der Waals surface area contributed by atoms with Crippen LogP contribution in [0.2, 0.25) is 0 Å². The zero-order valence-corrected chi connectivity index (χ0v) is 27.2. The van der Waals surface area contributed by atoms with Crippen molar-refractivity contribution in [2.75, 3.05) is 6.26 Å². The van der Waals surface area contributed by atoms with Crippen LogP contribution >= 0.6 is 9.39 Å². The van der Waals surface area contributed by atoms with E-state index >= 15 is 0 Å². The van der Waals surface area contributed by atoms with Crippen molar-refractivity contribution in [2.45, 2.75) is 39.8 Å². The fraction of sp³-hybridized carbons (Fsp3) is 0.222. The smallest absolute Gasteiger partial charge is 0.135 e. The first-order valence-electron chi connectivity index (χ1n) is 14.9. The minimum absolute atomic E-state index is 0.244. The van der Waals surface area contributed by atoms with E-state index in [2.05, 4.69) is 75.3 Å². The summed E-state index contributed by atoms with van der Waals surface area (Å²) >= 11 is 0. The number of rotatable bonds is 12. The Morgan fingerprint density at radius 1 is 1.18 bits per heavy atom. The second kappa shape index (κ2) is 13.2. The molecular weight excluding hydrogens is 582 g/mol. The molecule has 45 heavy (non-hydrogen) atoms. The Kier molecular flexibility index (Phi) is 9.32. The average Bonchev–Trinajstić information content (AvgIpc) is 3.61. The van der Waals surface area contributed by atoms with Crippen molar-refractivity contribution in [3.8, 4) is 11.4 Å². The van der Waals surface area contributed by atoms with E-state index < -0.39 is 9.39 Å². The van der Waals surface area contributed by atoms with Crippen LogP contribution in [0.3, 0.4) is 0 Å². The van der Waals surface area contributed by atoms with Crippen molar-refractivity contribution in [2.24, 2.45) is 5.92 Å². The molecule has 1 aliphatic heterocycles. The van der Waals surface area contributed by atoms with Crippen molar-refractivity contribution in [1.82, 2.24) is 35.5 Å². The number of allylic oxidation sites excluding steroid dienone is 5. The summed E-state index contributed by atoms with van der Waals surface area (Å²) in [5.74, 6) is 8.34. The maximum absolute atomic E-state index is 14.8. The van der Waals surface area contributed by atoms with E-state index in [1.54, 1.807) is 18.2 Å². The average molecular weight is 624 g/mol. The van der Waals surface area contributed by atoms with Gasteiger partial charge in [0.25, 0.3) is 0 Å². The minimum atomic E-state index is -1.43. The number of nitrogens with one attached hydrogen (secondary N) is 5. The third-order valence-corrected chi connectivity index (χ3v) is 8.26. The van der Waals surface area contributed by atoms with Gasteiger partial charge in [-0.25, -0.2) is 9.37 Å². The van der Waals surface area contributed by atoms with Crippen LogP contribution in [0.4, 0.5) is 4.39 Å². The number of benzene rings is 1. The van der Waals surface area contributed by atoms with E-state index in [9.17, 15) is 4.39 Å². The summed E-state index contributed by atoms with van der Waals surface area (Å²) in [4.78, 5) is 8.55. The molecule has 0 radical (unpaired) electrons. The molecule has 0 spiro atoms. The summed E-state index contributed by atoms with van der Waals surface area (Å²) in [6.45, 7) is 14.9. The van der Waals surface area contributed by atoms with Gasteiger partial charge in [0.2, 0.25) is 0 Å². The maximum Gasteiger partial charge on any atom is 0.135 e. The second-order valence-corrected chi connectivity index (χ2v) is 14.8. The first kappa shape index (κ1) is 31.8. The molecule has 0 amide bonds. The quantitative estimate of drug-likeness (QED) is 0.0825. The molecule has 9 heteroatoms. The van der Waals surface area contributed by atoms with Crippen LogP contribution in [0.1, 0.15) is 61.3 Å². The Balaban J connectivity index is 1.47. The molecule has 1 aromatic carbocycles. The largest absolute Gasteiger partial charge is 0.380 e. The van der Waals surface area contributed by atoms with E-state index in [0.717, 1.165) is 68.2 Å². The second-order valence-electron chi connectivity index (χ2n) is 12.0. The summed E-state index contributed by atoms with van der Waals surface area (Å²) in [5, 5.41) is 14.6. The standard InChI is InChI=1S/C36H42FN7S/c1-9-25(19-28(10-2)40-23(5)15-22(3)4)30-11-12-32-35(42-30)36(44-43-32)33-20-29-31(41-33)13-14-38-34(29)26-16-24(17-27(37)18-26)21-39-45(6,7)8/h9-14,16-20,22,34,38-41H,2,5-7,15,21H2,1,3-4,8H3,(H,43,44)/b25-9+,28-19+. The highest BCUT2D eigenvalue weighted by Gasteiger charge is 2.24. The fourth-order valence-electron chi connectivity index (χ4n) is 5.40. The lowest BCUT2D eigenvalue weighted by atomic mass is 9.95. The van der Waals surface area contributed by atoms with Gasteiger partial charge in [-0.3, -0.25) is 9.82 Å².